The van der Waals surface area contributed by atoms with Crippen molar-refractivity contribution in [1.29, 1.82) is 0 Å². The molecule has 0 saturated carbocycles. The van der Waals surface area contributed by atoms with E-state index >= 15 is 0 Å². The summed E-state index contributed by atoms with van der Waals surface area (Å²) in [4.78, 5) is 25.4. The molecule has 2 N–H and O–H groups in total. The quantitative estimate of drug-likeness (QED) is 0.830. The molecule has 2 saturated heterocycles. The zero-order valence-corrected chi connectivity index (χ0v) is 14.9. The van der Waals surface area contributed by atoms with E-state index in [4.69, 9.17) is 4.74 Å². The van der Waals surface area contributed by atoms with Crippen molar-refractivity contribution < 1.29 is 14.3 Å². The Kier molecular flexibility index (Phi) is 5.89. The minimum atomic E-state index is -0.450. The van der Waals surface area contributed by atoms with Gasteiger partial charge in [-0.05, 0) is 53.4 Å². The van der Waals surface area contributed by atoms with Gasteiger partial charge in [0.2, 0.25) is 5.91 Å². The van der Waals surface area contributed by atoms with Gasteiger partial charge in [0.15, 0.2) is 0 Å². The molecule has 6 heteroatoms. The molecule has 23 heavy (non-hydrogen) atoms. The number of hydrogen-bond acceptors (Lipinski definition) is 4. The van der Waals surface area contributed by atoms with Crippen LogP contribution in [0.4, 0.5) is 4.79 Å². The molecular formula is C17H31N3O3. The van der Waals surface area contributed by atoms with Crippen LogP contribution in [0.3, 0.4) is 0 Å². The highest BCUT2D eigenvalue weighted by Gasteiger charge is 2.33. The van der Waals surface area contributed by atoms with Crippen molar-refractivity contribution in [1.82, 2.24) is 15.5 Å². The maximum absolute atomic E-state index is 12.3. The van der Waals surface area contributed by atoms with Crippen LogP contribution in [0.2, 0.25) is 0 Å². The van der Waals surface area contributed by atoms with Gasteiger partial charge >= 0.3 is 6.09 Å². The number of hydrogen-bond donors (Lipinski definition) is 2. The molecule has 3 unspecified atom stereocenters. The maximum atomic E-state index is 12.3. The molecule has 2 amide bonds. The third-order valence-corrected chi connectivity index (χ3v) is 4.42. The van der Waals surface area contributed by atoms with Crippen LogP contribution in [-0.2, 0) is 9.53 Å². The number of ether oxygens (including phenoxy) is 1. The minimum absolute atomic E-state index is 0.141. The van der Waals surface area contributed by atoms with E-state index in [1.165, 1.54) is 0 Å². The standard InChI is InChI=1S/C17H31N3O3/c1-12(19-13-7-8-15(21)18-11-13)10-14-6-5-9-20(14)16(22)23-17(2,3)4/h12-14,19H,5-11H2,1-4H3,(H,18,21). The summed E-state index contributed by atoms with van der Waals surface area (Å²) in [6, 6.07) is 0.882. The largest absolute Gasteiger partial charge is 0.444 e. The summed E-state index contributed by atoms with van der Waals surface area (Å²) in [5.41, 5.74) is -0.450. The number of likely N-dealkylation sites (tertiary alicyclic amines) is 1. The molecule has 0 radical (unpaired) electrons. The first kappa shape index (κ1) is 18.0. The monoisotopic (exact) mass is 325 g/mol. The average molecular weight is 325 g/mol. The number of nitrogens with zero attached hydrogens (tertiary/aromatic N) is 1. The summed E-state index contributed by atoms with van der Waals surface area (Å²) in [5, 5.41) is 6.48. The van der Waals surface area contributed by atoms with Crippen molar-refractivity contribution in [2.75, 3.05) is 13.1 Å². The lowest BCUT2D eigenvalue weighted by atomic mass is 10.0. The van der Waals surface area contributed by atoms with E-state index < -0.39 is 5.60 Å². The van der Waals surface area contributed by atoms with Crippen molar-refractivity contribution in [3.63, 3.8) is 0 Å². The van der Waals surface area contributed by atoms with Gasteiger partial charge in [-0.25, -0.2) is 4.79 Å². The van der Waals surface area contributed by atoms with Gasteiger partial charge in [0, 0.05) is 37.6 Å². The van der Waals surface area contributed by atoms with Gasteiger partial charge in [-0.15, -0.1) is 0 Å². The van der Waals surface area contributed by atoms with E-state index in [-0.39, 0.29) is 18.0 Å². The molecule has 3 atom stereocenters. The fraction of sp³-hybridized carbons (Fsp3) is 0.882. The van der Waals surface area contributed by atoms with Gasteiger partial charge in [-0.3, -0.25) is 4.79 Å². The lowest BCUT2D eigenvalue weighted by Gasteiger charge is -2.32. The zero-order valence-electron chi connectivity index (χ0n) is 14.9. The van der Waals surface area contributed by atoms with E-state index in [0.29, 0.717) is 25.0 Å². The van der Waals surface area contributed by atoms with Crippen LogP contribution < -0.4 is 10.6 Å². The van der Waals surface area contributed by atoms with Gasteiger partial charge in [0.05, 0.1) is 0 Å². The third-order valence-electron chi connectivity index (χ3n) is 4.42. The highest BCUT2D eigenvalue weighted by molar-refractivity contribution is 5.76. The summed E-state index contributed by atoms with van der Waals surface area (Å²) in [6.45, 7) is 9.34. The second-order valence-corrected chi connectivity index (χ2v) is 7.81. The first-order valence-corrected chi connectivity index (χ1v) is 8.77. The molecule has 132 valence electrons. The lowest BCUT2D eigenvalue weighted by molar-refractivity contribution is -0.122. The van der Waals surface area contributed by atoms with Crippen LogP contribution in [0, 0.1) is 0 Å². The van der Waals surface area contributed by atoms with Crippen LogP contribution in [0.5, 0.6) is 0 Å². The second kappa shape index (κ2) is 7.51. The van der Waals surface area contributed by atoms with Gasteiger partial charge < -0.3 is 20.3 Å². The van der Waals surface area contributed by atoms with Crippen molar-refractivity contribution >= 4 is 12.0 Å². The summed E-state index contributed by atoms with van der Waals surface area (Å²) in [6.07, 6.45) is 4.28. The van der Waals surface area contributed by atoms with Crippen LogP contribution in [0.25, 0.3) is 0 Å². The summed E-state index contributed by atoms with van der Waals surface area (Å²) >= 11 is 0. The summed E-state index contributed by atoms with van der Waals surface area (Å²) < 4.78 is 5.51. The predicted octanol–water partition coefficient (Wildman–Crippen LogP) is 2.03. The predicted molar refractivity (Wildman–Crippen MR) is 89.2 cm³/mol. The van der Waals surface area contributed by atoms with Gasteiger partial charge in [0.1, 0.15) is 5.60 Å². The first-order chi connectivity index (χ1) is 10.7. The van der Waals surface area contributed by atoms with E-state index in [2.05, 4.69) is 17.6 Å². The van der Waals surface area contributed by atoms with Crippen LogP contribution in [-0.4, -0.2) is 53.7 Å². The smallest absolute Gasteiger partial charge is 0.410 e. The molecule has 0 bridgehead atoms. The molecule has 0 aliphatic carbocycles. The van der Waals surface area contributed by atoms with Crippen LogP contribution in [0.1, 0.15) is 59.8 Å². The molecule has 2 rings (SSSR count). The summed E-state index contributed by atoms with van der Waals surface area (Å²) in [5.74, 6) is 0.141. The molecular weight excluding hydrogens is 294 g/mol. The Labute approximate surface area is 139 Å². The molecule has 2 heterocycles. The van der Waals surface area contributed by atoms with Gasteiger partial charge in [0.25, 0.3) is 0 Å². The molecule has 0 aromatic carbocycles. The number of carbonyl (C=O) groups excluding carboxylic acids is 2. The first-order valence-electron chi connectivity index (χ1n) is 8.77. The normalized spacial score (nSPS) is 26.8. The molecule has 6 nitrogen and oxygen atoms in total. The Morgan fingerprint density at radius 3 is 2.78 bits per heavy atom. The number of amides is 2. The fourth-order valence-electron chi connectivity index (χ4n) is 3.40. The molecule has 2 aliphatic heterocycles. The molecule has 2 fully saturated rings. The van der Waals surface area contributed by atoms with Crippen molar-refractivity contribution in [3.05, 3.63) is 0 Å². The lowest BCUT2D eigenvalue weighted by Crippen LogP contribution is -2.50. The molecule has 0 aromatic heterocycles. The average Bonchev–Trinajstić information content (AvgIpc) is 2.87. The summed E-state index contributed by atoms with van der Waals surface area (Å²) in [7, 11) is 0. The topological polar surface area (TPSA) is 70.7 Å². The number of nitrogens with one attached hydrogen (secondary N) is 2. The van der Waals surface area contributed by atoms with Gasteiger partial charge in [-0.2, -0.15) is 0 Å². The third kappa shape index (κ3) is 5.68. The zero-order chi connectivity index (χ0) is 17.0. The number of rotatable bonds is 4. The highest BCUT2D eigenvalue weighted by Crippen LogP contribution is 2.24. The van der Waals surface area contributed by atoms with E-state index in [1.54, 1.807) is 0 Å². The Hall–Kier alpha value is -1.30. The number of carbonyl (C=O) groups is 2. The highest BCUT2D eigenvalue weighted by atomic mass is 16.6. The molecule has 2 aliphatic rings. The van der Waals surface area contributed by atoms with E-state index in [1.807, 2.05) is 25.7 Å². The Morgan fingerprint density at radius 2 is 2.17 bits per heavy atom. The minimum Gasteiger partial charge on any atom is -0.444 e. The number of piperidine rings is 1. The fourth-order valence-corrected chi connectivity index (χ4v) is 3.40. The van der Waals surface area contributed by atoms with E-state index in [0.717, 1.165) is 32.2 Å². The SMILES string of the molecule is CC(CC1CCCN1C(=O)OC(C)(C)C)NC1CCC(=O)NC1. The maximum Gasteiger partial charge on any atom is 0.410 e. The Bertz CT molecular complexity index is 423. The van der Waals surface area contributed by atoms with Crippen molar-refractivity contribution in [3.8, 4) is 0 Å². The van der Waals surface area contributed by atoms with Crippen LogP contribution in [0.15, 0.2) is 0 Å². The molecule has 0 aromatic rings. The van der Waals surface area contributed by atoms with Gasteiger partial charge in [-0.1, -0.05) is 0 Å². The van der Waals surface area contributed by atoms with Crippen LogP contribution >= 0.6 is 0 Å². The van der Waals surface area contributed by atoms with Crippen molar-refractivity contribution in [2.45, 2.75) is 83.5 Å². The van der Waals surface area contributed by atoms with E-state index in [9.17, 15) is 9.59 Å². The Balaban J connectivity index is 1.81. The molecule has 0 spiro atoms. The Morgan fingerprint density at radius 1 is 1.43 bits per heavy atom. The second-order valence-electron chi connectivity index (χ2n) is 7.81. The van der Waals surface area contributed by atoms with Crippen molar-refractivity contribution in [2.24, 2.45) is 0 Å².